The van der Waals surface area contributed by atoms with Crippen LogP contribution < -0.4 is 73.9 Å². The monoisotopic (exact) mass is 251 g/mol. The first kappa shape index (κ1) is 10.8. The van der Waals surface area contributed by atoms with Crippen molar-refractivity contribution in [1.29, 1.82) is 0 Å². The van der Waals surface area contributed by atoms with Gasteiger partial charge in [0.05, 0.1) is 0 Å². The maximum absolute atomic E-state index is 3.93. The Kier molecular flexibility index (Phi) is 8.56. The van der Waals surface area contributed by atoms with Crippen LogP contribution in [0, 0.1) is 0 Å². The van der Waals surface area contributed by atoms with E-state index in [1.54, 1.807) is 12.4 Å². The summed E-state index contributed by atoms with van der Waals surface area (Å²) in [5, 5.41) is 0. The third kappa shape index (κ3) is 5.59. The summed E-state index contributed by atoms with van der Waals surface area (Å²) >= 11 is 0. The molecule has 0 saturated heterocycles. The Hall–Kier alpha value is 0.812. The van der Waals surface area contributed by atoms with Gasteiger partial charge >= 0.3 is 68.9 Å². The van der Waals surface area contributed by atoms with Crippen molar-refractivity contribution in [2.75, 3.05) is 0 Å². The van der Waals surface area contributed by atoms with Gasteiger partial charge in [0.1, 0.15) is 0 Å². The van der Waals surface area contributed by atoms with Crippen LogP contribution in [0.25, 0.3) is 0 Å². The Morgan fingerprint density at radius 1 is 0.600 bits per heavy atom. The molecule has 0 saturated carbocycles. The van der Waals surface area contributed by atoms with E-state index < -0.39 is 0 Å². The van der Waals surface area contributed by atoms with Crippen LogP contribution in [0.5, 0.6) is 0 Å². The first-order chi connectivity index (χ1) is 4.50. The van der Waals surface area contributed by atoms with Gasteiger partial charge in [-0.3, -0.25) is 0 Å². The van der Waals surface area contributed by atoms with E-state index in [1.807, 2.05) is 36.4 Å². The van der Waals surface area contributed by atoms with Crippen molar-refractivity contribution in [1.82, 2.24) is 4.98 Å². The second kappa shape index (κ2) is 7.91. The molecule has 0 spiro atoms. The predicted molar refractivity (Wildman–Crippen MR) is 37.4 cm³/mol. The zero-order valence-electron chi connectivity index (χ0n) is 6.07. The van der Waals surface area contributed by atoms with Gasteiger partial charge in [-0.2, -0.15) is 12.4 Å². The van der Waals surface area contributed by atoms with Crippen molar-refractivity contribution < 1.29 is 68.9 Å². The van der Waals surface area contributed by atoms with Gasteiger partial charge in [-0.15, -0.1) is 0 Å². The normalized spacial score (nSPS) is 7.20. The van der Waals surface area contributed by atoms with Crippen molar-refractivity contribution in [3.63, 3.8) is 0 Å². The Balaban J connectivity index is 0.000000810. The number of rotatable bonds is 0. The van der Waals surface area contributed by atoms with Crippen LogP contribution in [0.15, 0.2) is 48.8 Å². The van der Waals surface area contributed by atoms with E-state index in [0.717, 1.165) is 0 Å². The Labute approximate surface area is 120 Å². The van der Waals surface area contributed by atoms with E-state index in [9.17, 15) is 0 Å². The molecule has 2 heteroatoms. The summed E-state index contributed by atoms with van der Waals surface area (Å²) in [6, 6.07) is 11.6. The molecule has 0 radical (unpaired) electrons. The van der Waals surface area contributed by atoms with Crippen LogP contribution in [0.1, 0.15) is 0 Å². The first-order valence-electron chi connectivity index (χ1n) is 2.85. The van der Waals surface area contributed by atoms with Crippen LogP contribution >= 0.6 is 0 Å². The molecule has 1 aromatic rings. The fourth-order valence-electron chi connectivity index (χ4n) is 0.505. The molecule has 1 nitrogen and oxygen atoms in total. The molecule has 0 bridgehead atoms. The van der Waals surface area contributed by atoms with Crippen molar-refractivity contribution in [2.45, 2.75) is 0 Å². The molecule has 1 heterocycles. The minimum absolute atomic E-state index is 0. The Morgan fingerprint density at radius 3 is 1.50 bits per heavy atom. The summed E-state index contributed by atoms with van der Waals surface area (Å²) in [5.74, 6) is 0. The largest absolute Gasteiger partial charge is 1.00 e. The molecule has 0 aromatic carbocycles. The average Bonchev–Trinajstić information content (AvgIpc) is 2.00. The minimum Gasteiger partial charge on any atom is -0.670 e. The average molecular weight is 251 g/mol. The fourth-order valence-corrected chi connectivity index (χ4v) is 0.505. The minimum atomic E-state index is 0. The van der Waals surface area contributed by atoms with E-state index in [2.05, 4.69) is 4.98 Å². The summed E-state index contributed by atoms with van der Waals surface area (Å²) in [5.41, 5.74) is 0. The van der Waals surface area contributed by atoms with Crippen molar-refractivity contribution >= 4 is 0 Å². The van der Waals surface area contributed by atoms with E-state index in [-0.39, 0.29) is 68.9 Å². The zero-order chi connectivity index (χ0) is 6.36. The molecule has 1 rings (SSSR count). The molecule has 10 heavy (non-hydrogen) atoms. The number of hydrogen-bond donors (Lipinski definition) is 0. The zero-order valence-corrected chi connectivity index (χ0v) is 12.3. The van der Waals surface area contributed by atoms with Gasteiger partial charge in [0.25, 0.3) is 0 Å². The van der Waals surface area contributed by atoms with Gasteiger partial charge < -0.3 is 4.98 Å². The van der Waals surface area contributed by atoms with Gasteiger partial charge in [0.2, 0.25) is 0 Å². The topological polar surface area (TPSA) is 14.1 Å². The molecule has 0 atom stereocenters. The molecule has 0 aliphatic heterocycles. The van der Waals surface area contributed by atoms with Gasteiger partial charge in [-0.1, -0.05) is 36.4 Å². The van der Waals surface area contributed by atoms with Gasteiger partial charge in [0, 0.05) is 0 Å². The number of hydrogen-bond acceptors (Lipinski definition) is 0. The van der Waals surface area contributed by atoms with E-state index >= 15 is 0 Å². The molecular formula is C8H8CsN. The smallest absolute Gasteiger partial charge is 0.670 e. The van der Waals surface area contributed by atoms with Crippen molar-refractivity contribution in [3.05, 3.63) is 48.8 Å². The molecule has 0 amide bonds. The number of nitrogens with zero attached hydrogens (tertiary/aromatic N) is 1. The van der Waals surface area contributed by atoms with Crippen LogP contribution in [0.2, 0.25) is 0 Å². The Bertz CT molecular complexity index is 131. The summed E-state index contributed by atoms with van der Waals surface area (Å²) in [4.78, 5) is 3.93. The van der Waals surface area contributed by atoms with Crippen molar-refractivity contribution in [2.24, 2.45) is 0 Å². The van der Waals surface area contributed by atoms with E-state index in [4.69, 9.17) is 0 Å². The summed E-state index contributed by atoms with van der Waals surface area (Å²) < 4.78 is 0. The number of aromatic nitrogens is 1. The van der Waals surface area contributed by atoms with Crippen molar-refractivity contribution in [3.8, 4) is 0 Å². The molecular weight excluding hydrogens is 243 g/mol. The fraction of sp³-hybridized carbons (Fsp3) is 0. The standard InChI is InChI=1S/C8H8N.Cs/c1-2-4-6-8-9-7-5-3-1;/h1-8H;/q-1;+1. The molecule has 0 unspecified atom stereocenters. The summed E-state index contributed by atoms with van der Waals surface area (Å²) in [7, 11) is 0. The van der Waals surface area contributed by atoms with Crippen LogP contribution in [-0.2, 0) is 0 Å². The quantitative estimate of drug-likeness (QED) is 0.563. The third-order valence-electron chi connectivity index (χ3n) is 0.900. The third-order valence-corrected chi connectivity index (χ3v) is 0.900. The SMILES string of the molecule is [Cs+].c1cccc[n-]ccc1. The first-order valence-corrected chi connectivity index (χ1v) is 2.85. The molecule has 46 valence electrons. The maximum atomic E-state index is 3.93. The Morgan fingerprint density at radius 2 is 1.00 bits per heavy atom. The van der Waals surface area contributed by atoms with Gasteiger partial charge in [-0.25, -0.2) is 0 Å². The summed E-state index contributed by atoms with van der Waals surface area (Å²) in [6.07, 6.45) is 3.50. The van der Waals surface area contributed by atoms with Gasteiger partial charge in [-0.05, 0) is 0 Å². The predicted octanol–water partition coefficient (Wildman–Crippen LogP) is -1.23. The van der Waals surface area contributed by atoms with Crippen LogP contribution in [-0.4, -0.2) is 0 Å². The molecule has 0 N–H and O–H groups in total. The maximum Gasteiger partial charge on any atom is 1.00 e. The van der Waals surface area contributed by atoms with E-state index in [0.29, 0.717) is 0 Å². The summed E-state index contributed by atoms with van der Waals surface area (Å²) in [6.45, 7) is 0. The second-order valence-electron chi connectivity index (χ2n) is 1.60. The van der Waals surface area contributed by atoms with Gasteiger partial charge in [0.15, 0.2) is 0 Å². The van der Waals surface area contributed by atoms with Crippen LogP contribution in [0.3, 0.4) is 0 Å². The van der Waals surface area contributed by atoms with Crippen LogP contribution in [0.4, 0.5) is 0 Å². The molecule has 0 aliphatic rings. The molecule has 0 fully saturated rings. The molecule has 1 aromatic heterocycles. The molecule has 0 aliphatic carbocycles. The second-order valence-corrected chi connectivity index (χ2v) is 1.60. The van der Waals surface area contributed by atoms with E-state index in [1.165, 1.54) is 0 Å².